The molecule has 0 heterocycles. The van der Waals surface area contributed by atoms with E-state index in [0.29, 0.717) is 0 Å². The van der Waals surface area contributed by atoms with Crippen LogP contribution in [0.25, 0.3) is 0 Å². The first-order valence-corrected chi connectivity index (χ1v) is 4.79. The minimum Gasteiger partial charge on any atom is -0.390 e. The average Bonchev–Trinajstić information content (AvgIpc) is 2.26. The highest BCUT2D eigenvalue weighted by Gasteiger charge is 2.27. The van der Waals surface area contributed by atoms with E-state index >= 15 is 0 Å². The Morgan fingerprint density at radius 3 is 2.75 bits per heavy atom. The highest BCUT2D eigenvalue weighted by molar-refractivity contribution is 6.32. The van der Waals surface area contributed by atoms with Crippen LogP contribution in [0.15, 0.2) is 18.2 Å². The molecule has 1 rings (SSSR count). The van der Waals surface area contributed by atoms with Gasteiger partial charge in [-0.25, -0.2) is 8.78 Å². The standard InChI is InChI=1S/C10H9ClF2N2O/c11-8-2-1-3-9(7(8)4-14)15-5-10(12,13)6-16/h1-3,15-16H,5-6H2. The quantitative estimate of drug-likeness (QED) is 0.857. The molecule has 16 heavy (non-hydrogen) atoms. The molecule has 0 spiro atoms. The molecule has 0 saturated heterocycles. The number of benzene rings is 1. The van der Waals surface area contributed by atoms with Gasteiger partial charge in [-0.15, -0.1) is 0 Å². The highest BCUT2D eigenvalue weighted by atomic mass is 35.5. The molecule has 0 saturated carbocycles. The molecule has 0 fully saturated rings. The number of hydrogen-bond acceptors (Lipinski definition) is 3. The summed E-state index contributed by atoms with van der Waals surface area (Å²) in [5.74, 6) is -3.23. The number of rotatable bonds is 4. The molecule has 0 bridgehead atoms. The zero-order valence-corrected chi connectivity index (χ0v) is 8.93. The van der Waals surface area contributed by atoms with Gasteiger partial charge in [-0.3, -0.25) is 0 Å². The molecule has 2 N–H and O–H groups in total. The van der Waals surface area contributed by atoms with E-state index in [2.05, 4.69) is 5.32 Å². The Bertz CT molecular complexity index is 418. The van der Waals surface area contributed by atoms with E-state index in [9.17, 15) is 8.78 Å². The van der Waals surface area contributed by atoms with Crippen LogP contribution in [0.4, 0.5) is 14.5 Å². The summed E-state index contributed by atoms with van der Waals surface area (Å²) in [6.07, 6.45) is 0. The van der Waals surface area contributed by atoms with Crippen molar-refractivity contribution in [2.45, 2.75) is 5.92 Å². The van der Waals surface area contributed by atoms with Crippen molar-refractivity contribution in [1.82, 2.24) is 0 Å². The summed E-state index contributed by atoms with van der Waals surface area (Å²) in [4.78, 5) is 0. The van der Waals surface area contributed by atoms with E-state index in [1.54, 1.807) is 6.07 Å². The first-order chi connectivity index (χ1) is 7.50. The lowest BCUT2D eigenvalue weighted by atomic mass is 10.2. The Morgan fingerprint density at radius 2 is 2.19 bits per heavy atom. The lowest BCUT2D eigenvalue weighted by Crippen LogP contribution is -2.31. The maximum atomic E-state index is 12.7. The number of nitrogens with zero attached hydrogens (tertiary/aromatic N) is 1. The van der Waals surface area contributed by atoms with Gasteiger partial charge < -0.3 is 10.4 Å². The zero-order chi connectivity index (χ0) is 12.2. The fourth-order valence-electron chi connectivity index (χ4n) is 1.07. The predicted octanol–water partition coefficient (Wildman–Crippen LogP) is 2.25. The van der Waals surface area contributed by atoms with Crippen LogP contribution in [-0.4, -0.2) is 24.2 Å². The number of nitrogens with one attached hydrogen (secondary N) is 1. The maximum Gasteiger partial charge on any atom is 0.287 e. The number of anilines is 1. The van der Waals surface area contributed by atoms with Gasteiger partial charge in [0.05, 0.1) is 22.8 Å². The van der Waals surface area contributed by atoms with Crippen LogP contribution in [0, 0.1) is 11.3 Å². The van der Waals surface area contributed by atoms with Crippen molar-refractivity contribution in [3.8, 4) is 6.07 Å². The maximum absolute atomic E-state index is 12.7. The van der Waals surface area contributed by atoms with Gasteiger partial charge in [-0.1, -0.05) is 17.7 Å². The third-order valence-electron chi connectivity index (χ3n) is 1.89. The van der Waals surface area contributed by atoms with Gasteiger partial charge in [0.2, 0.25) is 0 Å². The Morgan fingerprint density at radius 1 is 1.50 bits per heavy atom. The van der Waals surface area contributed by atoms with E-state index in [1.165, 1.54) is 12.1 Å². The summed E-state index contributed by atoms with van der Waals surface area (Å²) < 4.78 is 25.5. The van der Waals surface area contributed by atoms with E-state index in [-0.39, 0.29) is 16.3 Å². The number of halogens is 3. The summed E-state index contributed by atoms with van der Waals surface area (Å²) in [5, 5.41) is 19.7. The largest absolute Gasteiger partial charge is 0.390 e. The molecule has 3 nitrogen and oxygen atoms in total. The number of hydrogen-bond donors (Lipinski definition) is 2. The lowest BCUT2D eigenvalue weighted by Gasteiger charge is -2.15. The molecule has 6 heteroatoms. The monoisotopic (exact) mass is 246 g/mol. The normalized spacial score (nSPS) is 10.9. The van der Waals surface area contributed by atoms with Crippen LogP contribution in [0.5, 0.6) is 0 Å². The molecular formula is C10H9ClF2N2O. The van der Waals surface area contributed by atoms with Gasteiger partial charge in [-0.2, -0.15) is 5.26 Å². The summed E-state index contributed by atoms with van der Waals surface area (Å²) in [6.45, 7) is -2.00. The number of nitriles is 1. The summed E-state index contributed by atoms with van der Waals surface area (Å²) >= 11 is 5.71. The van der Waals surface area contributed by atoms with Crippen LogP contribution >= 0.6 is 11.6 Å². The van der Waals surface area contributed by atoms with Gasteiger partial charge in [0.25, 0.3) is 5.92 Å². The summed E-state index contributed by atoms with van der Waals surface area (Å²) in [7, 11) is 0. The molecule has 1 aromatic carbocycles. The van der Waals surface area contributed by atoms with Crippen LogP contribution in [0.3, 0.4) is 0 Å². The Hall–Kier alpha value is -1.38. The lowest BCUT2D eigenvalue weighted by molar-refractivity contribution is -0.0372. The molecule has 0 aromatic heterocycles. The highest BCUT2D eigenvalue weighted by Crippen LogP contribution is 2.24. The van der Waals surface area contributed by atoms with Crippen molar-refractivity contribution >= 4 is 17.3 Å². The van der Waals surface area contributed by atoms with Gasteiger partial charge in [0.15, 0.2) is 0 Å². The van der Waals surface area contributed by atoms with E-state index in [0.717, 1.165) is 0 Å². The first-order valence-electron chi connectivity index (χ1n) is 4.41. The predicted molar refractivity (Wildman–Crippen MR) is 56.7 cm³/mol. The van der Waals surface area contributed by atoms with Gasteiger partial charge in [0, 0.05) is 0 Å². The fraction of sp³-hybridized carbons (Fsp3) is 0.300. The van der Waals surface area contributed by atoms with Crippen LogP contribution in [0.2, 0.25) is 5.02 Å². The molecule has 0 radical (unpaired) electrons. The molecule has 0 aliphatic rings. The second-order valence-electron chi connectivity index (χ2n) is 3.14. The molecule has 0 aliphatic heterocycles. The van der Waals surface area contributed by atoms with Crippen LogP contribution < -0.4 is 5.32 Å². The van der Waals surface area contributed by atoms with Crippen LogP contribution in [-0.2, 0) is 0 Å². The topological polar surface area (TPSA) is 56.0 Å². The molecule has 1 aromatic rings. The summed E-state index contributed by atoms with van der Waals surface area (Å²) in [6, 6.07) is 6.33. The number of aliphatic hydroxyl groups excluding tert-OH is 1. The Balaban J connectivity index is 2.83. The van der Waals surface area contributed by atoms with Crippen molar-refractivity contribution in [2.24, 2.45) is 0 Å². The molecule has 86 valence electrons. The third-order valence-corrected chi connectivity index (χ3v) is 2.21. The Labute approximate surface area is 96.3 Å². The SMILES string of the molecule is N#Cc1c(Cl)cccc1NCC(F)(F)CO. The molecule has 0 amide bonds. The second kappa shape index (κ2) is 5.10. The van der Waals surface area contributed by atoms with Crippen molar-refractivity contribution in [3.05, 3.63) is 28.8 Å². The first kappa shape index (κ1) is 12.7. The smallest absolute Gasteiger partial charge is 0.287 e. The van der Waals surface area contributed by atoms with Crippen LogP contribution in [0.1, 0.15) is 5.56 Å². The van der Waals surface area contributed by atoms with E-state index < -0.39 is 19.1 Å². The second-order valence-corrected chi connectivity index (χ2v) is 3.55. The van der Waals surface area contributed by atoms with Crippen molar-refractivity contribution in [1.29, 1.82) is 5.26 Å². The number of aliphatic hydroxyl groups is 1. The molecular weight excluding hydrogens is 238 g/mol. The van der Waals surface area contributed by atoms with Gasteiger partial charge >= 0.3 is 0 Å². The molecule has 0 aliphatic carbocycles. The van der Waals surface area contributed by atoms with E-state index in [4.69, 9.17) is 22.0 Å². The van der Waals surface area contributed by atoms with E-state index in [1.807, 2.05) is 6.07 Å². The number of alkyl halides is 2. The fourth-order valence-corrected chi connectivity index (χ4v) is 1.28. The third kappa shape index (κ3) is 3.05. The van der Waals surface area contributed by atoms with Crippen molar-refractivity contribution in [3.63, 3.8) is 0 Å². The zero-order valence-electron chi connectivity index (χ0n) is 8.17. The molecule has 0 unspecified atom stereocenters. The van der Waals surface area contributed by atoms with Crippen molar-refractivity contribution in [2.75, 3.05) is 18.5 Å². The molecule has 0 atom stereocenters. The minimum absolute atomic E-state index is 0.109. The van der Waals surface area contributed by atoms with Crippen molar-refractivity contribution < 1.29 is 13.9 Å². The van der Waals surface area contributed by atoms with Gasteiger partial charge in [0.1, 0.15) is 12.7 Å². The summed E-state index contributed by atoms with van der Waals surface area (Å²) in [5.41, 5.74) is 0.334. The van der Waals surface area contributed by atoms with Gasteiger partial charge in [-0.05, 0) is 12.1 Å². The minimum atomic E-state index is -3.23. The average molecular weight is 247 g/mol. The Kier molecular flexibility index (Phi) is 4.05.